The predicted molar refractivity (Wildman–Crippen MR) is 226 cm³/mol. The largest absolute Gasteiger partial charge is 0.485 e. The van der Waals surface area contributed by atoms with Gasteiger partial charge in [-0.1, -0.05) is 206 Å². The van der Waals surface area contributed by atoms with E-state index in [2.05, 4.69) is 176 Å². The van der Waals surface area contributed by atoms with Crippen molar-refractivity contribution in [2.75, 3.05) is 0 Å². The minimum atomic E-state index is -0.466. The molecule has 4 nitrogen and oxygen atoms in total. The highest BCUT2D eigenvalue weighted by Crippen LogP contribution is 2.56. The molecule has 2 unspecified atom stereocenters. The Labute approximate surface area is 327 Å². The molecule has 0 spiro atoms. The monoisotopic (exact) mass is 719 g/mol. The minimum Gasteiger partial charge on any atom is -0.485 e. The number of benzene rings is 7. The van der Waals surface area contributed by atoms with Crippen LogP contribution in [-0.4, -0.2) is 21.1 Å². The Kier molecular flexibility index (Phi) is 8.49. The smallest absolute Gasteiger partial charge is 0.164 e. The lowest BCUT2D eigenvalue weighted by Gasteiger charge is -2.49. The molecule has 0 saturated heterocycles. The highest BCUT2D eigenvalue weighted by Gasteiger charge is 2.51. The molecule has 0 N–H and O–H groups in total. The van der Waals surface area contributed by atoms with E-state index in [1.165, 1.54) is 16.7 Å². The van der Waals surface area contributed by atoms with Gasteiger partial charge in [0, 0.05) is 33.7 Å². The molecule has 1 aromatic heterocycles. The summed E-state index contributed by atoms with van der Waals surface area (Å²) < 4.78 is 7.03. The van der Waals surface area contributed by atoms with Gasteiger partial charge in [0.15, 0.2) is 17.5 Å². The van der Waals surface area contributed by atoms with Crippen molar-refractivity contribution in [1.29, 1.82) is 0 Å². The van der Waals surface area contributed by atoms with E-state index in [1.54, 1.807) is 0 Å². The molecular formula is C52H37N3O. The molecule has 2 atom stereocenters. The number of allylic oxidation sites excluding steroid dienone is 2. The average molecular weight is 720 g/mol. The lowest BCUT2D eigenvalue weighted by Crippen LogP contribution is -2.48. The van der Waals surface area contributed by atoms with Gasteiger partial charge in [-0.05, 0) is 33.9 Å². The van der Waals surface area contributed by atoms with Gasteiger partial charge in [-0.15, -0.1) is 0 Å². The van der Waals surface area contributed by atoms with E-state index in [1.807, 2.05) is 36.4 Å². The van der Waals surface area contributed by atoms with Crippen LogP contribution in [0.2, 0.25) is 0 Å². The summed E-state index contributed by atoms with van der Waals surface area (Å²) in [6.07, 6.45) is 8.64. The normalized spacial score (nSPS) is 16.4. The lowest BCUT2D eigenvalue weighted by atomic mass is 9.58. The van der Waals surface area contributed by atoms with Crippen molar-refractivity contribution in [3.05, 3.63) is 229 Å². The third-order valence-corrected chi connectivity index (χ3v) is 11.1. The molecule has 0 amide bonds. The van der Waals surface area contributed by atoms with E-state index in [0.717, 1.165) is 44.7 Å². The Morgan fingerprint density at radius 3 is 1.36 bits per heavy atom. The van der Waals surface area contributed by atoms with E-state index in [4.69, 9.17) is 19.7 Å². The van der Waals surface area contributed by atoms with Crippen LogP contribution in [0.25, 0.3) is 56.4 Å². The number of para-hydroxylation sites is 1. The van der Waals surface area contributed by atoms with Crippen LogP contribution in [0.4, 0.5) is 0 Å². The summed E-state index contributed by atoms with van der Waals surface area (Å²) in [4.78, 5) is 15.0. The van der Waals surface area contributed by atoms with E-state index in [0.29, 0.717) is 17.5 Å². The summed E-state index contributed by atoms with van der Waals surface area (Å²) in [5.41, 5.74) is 10.4. The van der Waals surface area contributed by atoms with Crippen LogP contribution in [0, 0.1) is 5.92 Å². The zero-order valence-corrected chi connectivity index (χ0v) is 30.6. The highest BCUT2D eigenvalue weighted by molar-refractivity contribution is 5.78. The third kappa shape index (κ3) is 5.84. The van der Waals surface area contributed by atoms with Crippen molar-refractivity contribution >= 4 is 0 Å². The van der Waals surface area contributed by atoms with Gasteiger partial charge >= 0.3 is 0 Å². The van der Waals surface area contributed by atoms with Crippen molar-refractivity contribution in [3.8, 4) is 62.2 Å². The van der Waals surface area contributed by atoms with E-state index >= 15 is 0 Å². The molecule has 1 aliphatic carbocycles. The number of hydrogen-bond acceptors (Lipinski definition) is 4. The summed E-state index contributed by atoms with van der Waals surface area (Å²) >= 11 is 0. The fraction of sp³-hybridized carbons (Fsp3) is 0.0577. The van der Waals surface area contributed by atoms with Crippen molar-refractivity contribution in [1.82, 2.24) is 15.0 Å². The molecule has 10 rings (SSSR count). The number of ether oxygens (including phenoxy) is 1. The second kappa shape index (κ2) is 14.2. The zero-order valence-electron chi connectivity index (χ0n) is 30.6. The third-order valence-electron chi connectivity index (χ3n) is 11.1. The molecule has 0 fully saturated rings. The van der Waals surface area contributed by atoms with Gasteiger partial charge in [0.2, 0.25) is 0 Å². The van der Waals surface area contributed by atoms with Gasteiger partial charge < -0.3 is 4.74 Å². The van der Waals surface area contributed by atoms with Gasteiger partial charge in [-0.2, -0.15) is 0 Å². The highest BCUT2D eigenvalue weighted by atomic mass is 16.5. The van der Waals surface area contributed by atoms with Gasteiger partial charge in [0.25, 0.3) is 0 Å². The summed E-state index contributed by atoms with van der Waals surface area (Å²) in [6, 6.07) is 65.8. The first-order valence-corrected chi connectivity index (χ1v) is 19.1. The van der Waals surface area contributed by atoms with Gasteiger partial charge in [0.05, 0.1) is 5.41 Å². The van der Waals surface area contributed by atoms with Crippen LogP contribution in [0.15, 0.2) is 212 Å². The number of aromatic nitrogens is 3. The summed E-state index contributed by atoms with van der Waals surface area (Å²) in [6.45, 7) is 0. The second-order valence-corrected chi connectivity index (χ2v) is 14.3. The molecule has 4 heteroatoms. The maximum atomic E-state index is 7.03. The van der Waals surface area contributed by atoms with Crippen LogP contribution in [0.1, 0.15) is 16.7 Å². The van der Waals surface area contributed by atoms with Crippen molar-refractivity contribution in [2.45, 2.75) is 11.5 Å². The zero-order chi connectivity index (χ0) is 37.3. The number of rotatable bonds is 7. The van der Waals surface area contributed by atoms with Crippen molar-refractivity contribution in [2.24, 2.45) is 5.92 Å². The summed E-state index contributed by atoms with van der Waals surface area (Å²) in [5, 5.41) is 0. The standard InChI is InChI=1S/C52H37N3O/c1-5-16-36(17-6-1)37-28-32-40(33-29-37)50-53-49(39-18-7-2-8-19-39)54-51(55-50)41-34-30-38(31-35-41)44-24-15-26-46-48(44)56-47-27-14-13-25-45(47)52(46,42-20-9-3-10-21-42)43-22-11-4-12-23-43/h1-35,45,47H. The predicted octanol–water partition coefficient (Wildman–Crippen LogP) is 12.0. The van der Waals surface area contributed by atoms with Crippen LogP contribution in [0.5, 0.6) is 5.75 Å². The minimum absolute atomic E-state index is 0.0637. The Bertz CT molecular complexity index is 2650. The average Bonchev–Trinajstić information content (AvgIpc) is 3.29. The van der Waals surface area contributed by atoms with Crippen molar-refractivity contribution < 1.29 is 4.74 Å². The Balaban J connectivity index is 1.07. The van der Waals surface area contributed by atoms with Crippen LogP contribution < -0.4 is 4.74 Å². The molecular weight excluding hydrogens is 683 g/mol. The van der Waals surface area contributed by atoms with Crippen LogP contribution >= 0.6 is 0 Å². The summed E-state index contributed by atoms with van der Waals surface area (Å²) in [7, 11) is 0. The number of fused-ring (bicyclic) bond motifs is 2. The maximum absolute atomic E-state index is 7.03. The molecule has 1 aliphatic heterocycles. The van der Waals surface area contributed by atoms with Crippen LogP contribution in [0.3, 0.4) is 0 Å². The second-order valence-electron chi connectivity index (χ2n) is 14.3. The van der Waals surface area contributed by atoms with Crippen LogP contribution in [-0.2, 0) is 5.41 Å². The van der Waals surface area contributed by atoms with Gasteiger partial charge in [-0.3, -0.25) is 0 Å². The first kappa shape index (κ1) is 33.4. The summed E-state index contributed by atoms with van der Waals surface area (Å²) in [5.74, 6) is 2.85. The Morgan fingerprint density at radius 2 is 0.804 bits per heavy atom. The topological polar surface area (TPSA) is 47.9 Å². The fourth-order valence-electron chi connectivity index (χ4n) is 8.46. The molecule has 0 saturated carbocycles. The van der Waals surface area contributed by atoms with Gasteiger partial charge in [-0.25, -0.2) is 15.0 Å². The van der Waals surface area contributed by atoms with E-state index in [9.17, 15) is 0 Å². The van der Waals surface area contributed by atoms with E-state index in [-0.39, 0.29) is 12.0 Å². The van der Waals surface area contributed by atoms with Gasteiger partial charge in [0.1, 0.15) is 11.9 Å². The molecule has 2 aliphatic rings. The molecule has 2 heterocycles. The van der Waals surface area contributed by atoms with E-state index < -0.39 is 5.41 Å². The number of hydrogen-bond donors (Lipinski definition) is 0. The molecule has 8 aromatic rings. The Hall–Kier alpha value is -7.17. The fourth-order valence-corrected chi connectivity index (χ4v) is 8.46. The SMILES string of the molecule is C1=CC2Oc3c(-c4ccc(-c5nc(-c6ccccc6)nc(-c6ccc(-c7ccccc7)cc6)n5)cc4)cccc3C(c3ccccc3)(c3ccccc3)C2C=C1. The lowest BCUT2D eigenvalue weighted by molar-refractivity contribution is 0.140. The molecule has 266 valence electrons. The maximum Gasteiger partial charge on any atom is 0.164 e. The molecule has 0 radical (unpaired) electrons. The molecule has 56 heavy (non-hydrogen) atoms. The molecule has 7 aromatic carbocycles. The number of nitrogens with zero attached hydrogens (tertiary/aromatic N) is 3. The molecule has 0 bridgehead atoms. The first-order valence-electron chi connectivity index (χ1n) is 19.1. The first-order chi connectivity index (χ1) is 27.8. The van der Waals surface area contributed by atoms with Crippen molar-refractivity contribution in [3.63, 3.8) is 0 Å². The Morgan fingerprint density at radius 1 is 0.375 bits per heavy atom. The quantitative estimate of drug-likeness (QED) is 0.165.